The summed E-state index contributed by atoms with van der Waals surface area (Å²) in [5, 5.41) is 0. The molecule has 3 heteroatoms. The van der Waals surface area contributed by atoms with Crippen LogP contribution in [0, 0.1) is 90.0 Å². The summed E-state index contributed by atoms with van der Waals surface area (Å²) >= 11 is 0. The molecule has 2 atom stereocenters. The summed E-state index contributed by atoms with van der Waals surface area (Å²) in [7, 11) is 0. The van der Waals surface area contributed by atoms with Crippen molar-refractivity contribution in [3.05, 3.63) is 488 Å². The van der Waals surface area contributed by atoms with E-state index in [1.807, 2.05) is 119 Å². The second-order valence-electron chi connectivity index (χ2n) is 38.5. The summed E-state index contributed by atoms with van der Waals surface area (Å²) < 4.78 is 13.6. The van der Waals surface area contributed by atoms with Crippen LogP contribution in [-0.4, -0.2) is 5.79 Å². The second kappa shape index (κ2) is 55.1. The molecule has 14 aromatic rings. The molecular formula is C135H176O2Y-2. The first kappa shape index (κ1) is 120. The summed E-state index contributed by atoms with van der Waals surface area (Å²) in [6.45, 7) is 62.6. The van der Waals surface area contributed by atoms with Gasteiger partial charge in [0.25, 0.3) is 5.79 Å². The van der Waals surface area contributed by atoms with Crippen LogP contribution in [0.4, 0.5) is 0 Å². The van der Waals surface area contributed by atoms with E-state index in [4.69, 9.17) is 9.47 Å². The van der Waals surface area contributed by atoms with Crippen LogP contribution in [0.5, 0.6) is 11.5 Å². The van der Waals surface area contributed by atoms with Crippen molar-refractivity contribution in [2.24, 2.45) is 5.92 Å². The van der Waals surface area contributed by atoms with Gasteiger partial charge in [0, 0.05) is 73.9 Å². The first-order valence-corrected chi connectivity index (χ1v) is 50.5. The Labute approximate surface area is 868 Å². The Hall–Kier alpha value is -10.2. The van der Waals surface area contributed by atoms with E-state index in [1.54, 1.807) is 22.3 Å². The zero-order chi connectivity index (χ0) is 97.1. The standard InChI is InChI=1S/C31H28O2.C27H22.C24H32.C23H28.2C7H8.6C2H6.2CH4.2CH3.Y/c1-21-13-15-25-27(23-9-5-3-6-10-23)19-31(32-29(25)17-21)20-28(24-11-7-4-8-12-24)26-16-14-22(2)18-30(26)33-31;1-19-11-15-21(16-12-19)27(22-17-13-20(2)14-18-22)25-9-5-3-7-23(25)24-8-4-6-10-26(24)27;1-18-6-10-20(11-7-18)23(3,4)21-14-16-24(5,17-15-21)22-12-8-19(2)9-13-22;1-15-7-9-17-19(11-15)23(13-21(17,3)4)14-22(5,6)18-10-8-16(2)12-20(18)23;2*1-7-5-3-2-4-6-7;6*1-2;;;;;/h3-18,27-28H,19-20H2,1-2H3;3-18H,1-2H3;6-13,21H,14-17H2,1-5H3;7-12H,13-14H2,1-6H3;2*2-6H,1H3;6*1-2H3;2*1H4;2*1H3;/q;;;;;;;;;;;;;;2*-1;. The van der Waals surface area contributed by atoms with E-state index in [1.165, 1.54) is 161 Å². The minimum atomic E-state index is -0.720. The molecule has 138 heavy (non-hydrogen) atoms. The molecule has 0 N–H and O–H groups in total. The molecule has 1 saturated carbocycles. The predicted molar refractivity (Wildman–Crippen MR) is 605 cm³/mol. The maximum Gasteiger partial charge on any atom is 0.253 e. The average molecular weight is 1920 g/mol. The van der Waals surface area contributed by atoms with E-state index in [2.05, 4.69) is 421 Å². The molecule has 2 unspecified atom stereocenters. The molecule has 1 fully saturated rings. The Balaban J connectivity index is 0.000000351. The normalized spacial score (nSPS) is 17.4. The number of hydrogen-bond acceptors (Lipinski definition) is 2. The summed E-state index contributed by atoms with van der Waals surface area (Å²) in [5.41, 5.74) is 36.7. The van der Waals surface area contributed by atoms with Gasteiger partial charge in [-0.3, -0.25) is 0 Å². The molecule has 4 aliphatic carbocycles. The Morgan fingerprint density at radius 1 is 0.283 bits per heavy atom. The van der Waals surface area contributed by atoms with Gasteiger partial charge in [-0.25, -0.2) is 0 Å². The van der Waals surface area contributed by atoms with Gasteiger partial charge in [0.2, 0.25) is 0 Å². The Kier molecular flexibility index (Phi) is 48.0. The number of aryl methyl sites for hydroxylation is 10. The molecule has 0 saturated heterocycles. The van der Waals surface area contributed by atoms with E-state index < -0.39 is 5.79 Å². The van der Waals surface area contributed by atoms with Crippen molar-refractivity contribution in [2.45, 2.75) is 317 Å². The van der Waals surface area contributed by atoms with Crippen LogP contribution in [0.15, 0.2) is 340 Å². The first-order valence-electron chi connectivity index (χ1n) is 50.5. The fourth-order valence-electron chi connectivity index (χ4n) is 21.2. The topological polar surface area (TPSA) is 18.5 Å². The molecule has 1 radical (unpaired) electrons. The fourth-order valence-corrected chi connectivity index (χ4v) is 21.2. The van der Waals surface area contributed by atoms with Gasteiger partial charge >= 0.3 is 0 Å². The van der Waals surface area contributed by atoms with E-state index in [9.17, 15) is 0 Å². The number of ether oxygens (including phenoxy) is 2. The van der Waals surface area contributed by atoms with Crippen LogP contribution in [0.1, 0.15) is 343 Å². The van der Waals surface area contributed by atoms with E-state index >= 15 is 0 Å². The second-order valence-corrected chi connectivity index (χ2v) is 38.5. The van der Waals surface area contributed by atoms with Crippen molar-refractivity contribution in [3.8, 4) is 22.6 Å². The first-order chi connectivity index (χ1) is 64.1. The Morgan fingerprint density at radius 3 is 0.884 bits per heavy atom. The summed E-state index contributed by atoms with van der Waals surface area (Å²) in [6.07, 6.45) is 9.29. The molecule has 2 spiro atoms. The maximum absolute atomic E-state index is 6.82. The molecule has 20 rings (SSSR count). The monoisotopic (exact) mass is 1920 g/mol. The Morgan fingerprint density at radius 2 is 0.558 bits per heavy atom. The van der Waals surface area contributed by atoms with E-state index in [-0.39, 0.29) is 101 Å². The summed E-state index contributed by atoms with van der Waals surface area (Å²) in [6, 6.07) is 124. The number of rotatable bonds is 7. The number of fused-ring (bicyclic) bond motifs is 9. The van der Waals surface area contributed by atoms with Crippen LogP contribution < -0.4 is 9.47 Å². The molecule has 2 aliphatic heterocycles. The van der Waals surface area contributed by atoms with Gasteiger partial charge in [-0.15, -0.1) is 0 Å². The van der Waals surface area contributed by atoms with Crippen molar-refractivity contribution < 1.29 is 42.2 Å². The molecule has 0 bridgehead atoms. The molecule has 733 valence electrons. The van der Waals surface area contributed by atoms with Crippen molar-refractivity contribution in [2.75, 3.05) is 0 Å². The average Bonchev–Trinajstić information content (AvgIpc) is 1.52. The molecule has 0 aromatic heterocycles. The van der Waals surface area contributed by atoms with Gasteiger partial charge in [-0.05, 0) is 236 Å². The number of benzene rings is 14. The van der Waals surface area contributed by atoms with Crippen molar-refractivity contribution in [1.29, 1.82) is 0 Å². The maximum atomic E-state index is 6.82. The van der Waals surface area contributed by atoms with Gasteiger partial charge in [-0.2, -0.15) is 0 Å². The van der Waals surface area contributed by atoms with Crippen LogP contribution in [0.2, 0.25) is 0 Å². The molecule has 2 heterocycles. The third kappa shape index (κ3) is 27.7. The zero-order valence-corrected chi connectivity index (χ0v) is 92.5. The van der Waals surface area contributed by atoms with Gasteiger partial charge < -0.3 is 24.3 Å². The largest absolute Gasteiger partial charge is 0.452 e. The van der Waals surface area contributed by atoms with Crippen LogP contribution >= 0.6 is 0 Å². The molecule has 14 aromatic carbocycles. The molecule has 0 amide bonds. The fraction of sp³-hybridized carbons (Fsp3) is 0.363. The van der Waals surface area contributed by atoms with Crippen LogP contribution in [0.3, 0.4) is 0 Å². The third-order valence-electron chi connectivity index (χ3n) is 27.9. The quantitative estimate of drug-likeness (QED) is 0.148. The van der Waals surface area contributed by atoms with Crippen LogP contribution in [0.25, 0.3) is 11.1 Å². The van der Waals surface area contributed by atoms with Gasteiger partial charge in [0.05, 0.1) is 5.41 Å². The van der Waals surface area contributed by atoms with Gasteiger partial charge in [-0.1, -0.05) is 518 Å². The molecule has 2 nitrogen and oxygen atoms in total. The summed E-state index contributed by atoms with van der Waals surface area (Å²) in [5.74, 6) is 2.38. The zero-order valence-electron chi connectivity index (χ0n) is 89.6. The smallest absolute Gasteiger partial charge is 0.253 e. The van der Waals surface area contributed by atoms with Gasteiger partial charge in [0.15, 0.2) is 0 Å². The van der Waals surface area contributed by atoms with Crippen molar-refractivity contribution >= 4 is 0 Å². The SMILES string of the molecule is C.C.CC.CC.CC.CC.CC.CC.Cc1ccc(C2(C)CCC(C(C)(C)c3ccc(C)cc3)CC2)cc1.Cc1ccc(C2(c3ccc(C)cc3)c3ccccc3-c3ccccc32)cc1.Cc1ccc2c(c1)C1(CC2(C)C)CC(C)(C)c2ccc(C)cc21.Cc1ccc2c(c1)OC1(CC2c2ccccc2)CC(c2ccccc2)c2ccc(C)cc2O1.Cc1ccccc1.Cc1ccccc1.[CH3-].[CH3-].[Y]. The predicted octanol–water partition coefficient (Wildman–Crippen LogP) is 39.2. The molecule has 6 aliphatic rings. The summed E-state index contributed by atoms with van der Waals surface area (Å²) in [4.78, 5) is 0. The minimum Gasteiger partial charge on any atom is -0.452 e. The minimum absolute atomic E-state index is 0. The van der Waals surface area contributed by atoms with Crippen LogP contribution in [-0.2, 0) is 65.2 Å². The third-order valence-corrected chi connectivity index (χ3v) is 27.9. The van der Waals surface area contributed by atoms with Crippen molar-refractivity contribution in [1.82, 2.24) is 0 Å². The molecular weight excluding hydrogens is 1740 g/mol. The van der Waals surface area contributed by atoms with Crippen molar-refractivity contribution in [3.63, 3.8) is 0 Å². The van der Waals surface area contributed by atoms with E-state index in [0.717, 1.165) is 30.3 Å². The Bertz CT molecular complexity index is 5560. The van der Waals surface area contributed by atoms with Gasteiger partial charge in [0.1, 0.15) is 11.5 Å². The van der Waals surface area contributed by atoms with E-state index in [0.29, 0.717) is 5.41 Å². The number of hydrogen-bond donors (Lipinski definition) is 0.